The standard InChI is InChI=1S/C11H12F2O4S/c1-7(4-11(14)15)18(16,17)6-8-5-9(12)2-3-10(8)13/h2-3,5,7H,4,6H2,1H3,(H,14,15). The zero-order valence-corrected chi connectivity index (χ0v) is 10.4. The number of benzene rings is 1. The highest BCUT2D eigenvalue weighted by Gasteiger charge is 2.25. The van der Waals surface area contributed by atoms with Crippen molar-refractivity contribution < 1.29 is 27.1 Å². The number of rotatable bonds is 5. The van der Waals surface area contributed by atoms with Crippen LogP contribution in [0.25, 0.3) is 0 Å². The average molecular weight is 278 g/mol. The van der Waals surface area contributed by atoms with Gasteiger partial charge < -0.3 is 5.11 Å². The lowest BCUT2D eigenvalue weighted by molar-refractivity contribution is -0.136. The molecule has 1 N–H and O–H groups in total. The van der Waals surface area contributed by atoms with E-state index in [-0.39, 0.29) is 5.56 Å². The minimum absolute atomic E-state index is 0.299. The van der Waals surface area contributed by atoms with Gasteiger partial charge in [0.25, 0.3) is 0 Å². The van der Waals surface area contributed by atoms with E-state index in [0.717, 1.165) is 18.2 Å². The topological polar surface area (TPSA) is 71.4 Å². The molecule has 0 amide bonds. The average Bonchev–Trinajstić information content (AvgIpc) is 2.22. The normalized spacial score (nSPS) is 13.3. The number of carboxylic acids is 1. The van der Waals surface area contributed by atoms with Crippen molar-refractivity contribution in [3.63, 3.8) is 0 Å². The number of sulfone groups is 1. The van der Waals surface area contributed by atoms with Gasteiger partial charge in [-0.3, -0.25) is 4.79 Å². The fourth-order valence-corrected chi connectivity index (χ4v) is 2.72. The molecule has 0 bridgehead atoms. The summed E-state index contributed by atoms with van der Waals surface area (Å²) in [7, 11) is -3.84. The van der Waals surface area contributed by atoms with E-state index >= 15 is 0 Å². The number of halogens is 2. The maximum Gasteiger partial charge on any atom is 0.304 e. The molecule has 0 saturated heterocycles. The van der Waals surface area contributed by atoms with Crippen LogP contribution in [0.4, 0.5) is 8.78 Å². The molecule has 0 radical (unpaired) electrons. The summed E-state index contributed by atoms with van der Waals surface area (Å²) >= 11 is 0. The summed E-state index contributed by atoms with van der Waals surface area (Å²) in [5.74, 6) is -3.55. The van der Waals surface area contributed by atoms with Crippen LogP contribution in [0.1, 0.15) is 18.9 Å². The van der Waals surface area contributed by atoms with Crippen LogP contribution >= 0.6 is 0 Å². The third-order valence-corrected chi connectivity index (χ3v) is 4.55. The Hall–Kier alpha value is -1.50. The molecule has 4 nitrogen and oxygen atoms in total. The monoisotopic (exact) mass is 278 g/mol. The Balaban J connectivity index is 2.95. The first-order valence-electron chi connectivity index (χ1n) is 5.09. The first kappa shape index (κ1) is 14.6. The molecule has 1 unspecified atom stereocenters. The van der Waals surface area contributed by atoms with Gasteiger partial charge in [-0.1, -0.05) is 0 Å². The van der Waals surface area contributed by atoms with Crippen molar-refractivity contribution in [3.8, 4) is 0 Å². The molecule has 0 aliphatic rings. The molecule has 0 aromatic heterocycles. The first-order chi connectivity index (χ1) is 8.22. The molecule has 0 saturated carbocycles. The largest absolute Gasteiger partial charge is 0.481 e. The SMILES string of the molecule is CC(CC(=O)O)S(=O)(=O)Cc1cc(F)ccc1F. The maximum atomic E-state index is 13.3. The van der Waals surface area contributed by atoms with Crippen molar-refractivity contribution in [3.05, 3.63) is 35.4 Å². The second kappa shape index (κ2) is 5.43. The van der Waals surface area contributed by atoms with E-state index in [4.69, 9.17) is 5.11 Å². The zero-order chi connectivity index (χ0) is 13.9. The lowest BCUT2D eigenvalue weighted by atomic mass is 10.2. The number of carbonyl (C=O) groups is 1. The molecule has 7 heteroatoms. The van der Waals surface area contributed by atoms with Gasteiger partial charge in [-0.2, -0.15) is 0 Å². The lowest BCUT2D eigenvalue weighted by Crippen LogP contribution is -2.23. The second-order valence-electron chi connectivity index (χ2n) is 3.95. The minimum atomic E-state index is -3.84. The van der Waals surface area contributed by atoms with Crippen LogP contribution in [-0.4, -0.2) is 24.7 Å². The molecule has 18 heavy (non-hydrogen) atoms. The molecular formula is C11H12F2O4S. The molecule has 0 fully saturated rings. The number of aliphatic carboxylic acids is 1. The van der Waals surface area contributed by atoms with Gasteiger partial charge in [-0.15, -0.1) is 0 Å². The van der Waals surface area contributed by atoms with Crippen LogP contribution in [0.2, 0.25) is 0 Å². The van der Waals surface area contributed by atoms with Gasteiger partial charge in [0, 0.05) is 5.56 Å². The van der Waals surface area contributed by atoms with Gasteiger partial charge in [0.05, 0.1) is 17.4 Å². The predicted octanol–water partition coefficient (Wildman–Crippen LogP) is 1.74. The Labute approximate surface area is 103 Å². The van der Waals surface area contributed by atoms with Crippen LogP contribution in [-0.2, 0) is 20.4 Å². The van der Waals surface area contributed by atoms with E-state index < -0.39 is 44.9 Å². The summed E-state index contributed by atoms with van der Waals surface area (Å²) < 4.78 is 49.6. The minimum Gasteiger partial charge on any atom is -0.481 e. The van der Waals surface area contributed by atoms with Crippen molar-refractivity contribution >= 4 is 15.8 Å². The van der Waals surface area contributed by atoms with Crippen LogP contribution in [0.3, 0.4) is 0 Å². The summed E-state index contributed by atoms with van der Waals surface area (Å²) in [5.41, 5.74) is -0.299. The van der Waals surface area contributed by atoms with Gasteiger partial charge >= 0.3 is 5.97 Å². The van der Waals surface area contributed by atoms with Crippen LogP contribution in [0.5, 0.6) is 0 Å². The molecule has 1 aromatic carbocycles. The van der Waals surface area contributed by atoms with E-state index in [1.165, 1.54) is 6.92 Å². The van der Waals surface area contributed by atoms with E-state index in [2.05, 4.69) is 0 Å². The Morgan fingerprint density at radius 2 is 2.00 bits per heavy atom. The Morgan fingerprint density at radius 1 is 1.39 bits per heavy atom. The lowest BCUT2D eigenvalue weighted by Gasteiger charge is -2.11. The number of carboxylic acid groups (broad SMARTS) is 1. The van der Waals surface area contributed by atoms with Crippen molar-refractivity contribution in [1.29, 1.82) is 0 Å². The van der Waals surface area contributed by atoms with E-state index in [0.29, 0.717) is 0 Å². The predicted molar refractivity (Wildman–Crippen MR) is 60.7 cm³/mol. The number of hydrogen-bond acceptors (Lipinski definition) is 3. The molecule has 1 atom stereocenters. The van der Waals surface area contributed by atoms with Crippen molar-refractivity contribution in [2.24, 2.45) is 0 Å². The van der Waals surface area contributed by atoms with Crippen LogP contribution < -0.4 is 0 Å². The molecule has 1 rings (SSSR count). The zero-order valence-electron chi connectivity index (χ0n) is 9.56. The fraction of sp³-hybridized carbons (Fsp3) is 0.364. The molecule has 0 spiro atoms. The summed E-state index contributed by atoms with van der Waals surface area (Å²) in [4.78, 5) is 10.4. The van der Waals surface area contributed by atoms with Crippen LogP contribution in [0.15, 0.2) is 18.2 Å². The van der Waals surface area contributed by atoms with Crippen molar-refractivity contribution in [1.82, 2.24) is 0 Å². The highest BCUT2D eigenvalue weighted by molar-refractivity contribution is 7.91. The maximum absolute atomic E-state index is 13.3. The van der Waals surface area contributed by atoms with E-state index in [1.807, 2.05) is 0 Å². The Kier molecular flexibility index (Phi) is 4.39. The van der Waals surface area contributed by atoms with Gasteiger partial charge in [0.1, 0.15) is 11.6 Å². The Bertz CT molecular complexity index is 554. The van der Waals surface area contributed by atoms with Gasteiger partial charge in [0.2, 0.25) is 0 Å². The fourth-order valence-electron chi connectivity index (χ4n) is 1.39. The molecule has 0 heterocycles. The highest BCUT2D eigenvalue weighted by Crippen LogP contribution is 2.17. The number of hydrogen-bond donors (Lipinski definition) is 1. The second-order valence-corrected chi connectivity index (χ2v) is 6.37. The van der Waals surface area contributed by atoms with Gasteiger partial charge in [-0.25, -0.2) is 17.2 Å². The van der Waals surface area contributed by atoms with Gasteiger partial charge in [0.15, 0.2) is 9.84 Å². The molecule has 0 aliphatic carbocycles. The Morgan fingerprint density at radius 3 is 2.56 bits per heavy atom. The van der Waals surface area contributed by atoms with Crippen molar-refractivity contribution in [2.75, 3.05) is 0 Å². The third kappa shape index (κ3) is 3.76. The molecule has 0 aliphatic heterocycles. The summed E-state index contributed by atoms with van der Waals surface area (Å²) in [6, 6.07) is 2.51. The first-order valence-corrected chi connectivity index (χ1v) is 6.81. The highest BCUT2D eigenvalue weighted by atomic mass is 32.2. The summed E-state index contributed by atoms with van der Waals surface area (Å²) in [6.45, 7) is 1.22. The van der Waals surface area contributed by atoms with E-state index in [9.17, 15) is 22.0 Å². The molecular weight excluding hydrogens is 266 g/mol. The van der Waals surface area contributed by atoms with Gasteiger partial charge in [-0.05, 0) is 25.1 Å². The van der Waals surface area contributed by atoms with Crippen molar-refractivity contribution in [2.45, 2.75) is 24.3 Å². The molecule has 100 valence electrons. The quantitative estimate of drug-likeness (QED) is 0.890. The van der Waals surface area contributed by atoms with Crippen LogP contribution in [0, 0.1) is 11.6 Å². The smallest absolute Gasteiger partial charge is 0.304 e. The summed E-state index contributed by atoms with van der Waals surface area (Å²) in [5, 5.41) is 7.36. The van der Waals surface area contributed by atoms with E-state index in [1.54, 1.807) is 0 Å². The third-order valence-electron chi connectivity index (χ3n) is 2.44. The summed E-state index contributed by atoms with van der Waals surface area (Å²) in [6.07, 6.45) is -0.570. The molecule has 1 aromatic rings.